The van der Waals surface area contributed by atoms with Crippen molar-refractivity contribution >= 4 is 40.8 Å². The number of benzene rings is 3. The van der Waals surface area contributed by atoms with E-state index in [1.165, 1.54) is 35.2 Å². The lowest BCUT2D eigenvalue weighted by Gasteiger charge is -2.17. The van der Waals surface area contributed by atoms with Gasteiger partial charge in [0, 0.05) is 24.6 Å². The normalized spacial score (nSPS) is 16.9. The third-order valence-electron chi connectivity index (χ3n) is 6.27. The van der Waals surface area contributed by atoms with Gasteiger partial charge in [0.15, 0.2) is 0 Å². The molecule has 3 aromatic carbocycles. The van der Waals surface area contributed by atoms with Crippen molar-refractivity contribution in [3.05, 3.63) is 93.5 Å². The van der Waals surface area contributed by atoms with Crippen molar-refractivity contribution in [1.82, 2.24) is 0 Å². The van der Waals surface area contributed by atoms with Crippen LogP contribution in [-0.2, 0) is 9.59 Å². The molecule has 2 aliphatic heterocycles. The lowest BCUT2D eigenvalue weighted by Crippen LogP contribution is -2.29. The fraction of sp³-hybridized carbons (Fsp3) is 0.154. The third kappa shape index (κ3) is 3.88. The second kappa shape index (κ2) is 8.73. The summed E-state index contributed by atoms with van der Waals surface area (Å²) < 4.78 is 5.43. The van der Waals surface area contributed by atoms with Gasteiger partial charge in [-0.3, -0.25) is 29.3 Å². The van der Waals surface area contributed by atoms with Gasteiger partial charge in [0.2, 0.25) is 5.91 Å². The van der Waals surface area contributed by atoms with E-state index in [2.05, 4.69) is 0 Å². The Balaban J connectivity index is 1.27. The van der Waals surface area contributed by atoms with Crippen LogP contribution in [0.15, 0.2) is 66.7 Å². The van der Waals surface area contributed by atoms with Crippen molar-refractivity contribution in [2.24, 2.45) is 5.92 Å². The summed E-state index contributed by atoms with van der Waals surface area (Å²) in [6.45, 7) is 1.64. The van der Waals surface area contributed by atoms with Gasteiger partial charge in [-0.25, -0.2) is 4.90 Å². The summed E-state index contributed by atoms with van der Waals surface area (Å²) in [7, 11) is 0. The molecular formula is C26H19N3O7. The van der Waals surface area contributed by atoms with E-state index in [0.29, 0.717) is 28.1 Å². The predicted octanol–water partition coefficient (Wildman–Crippen LogP) is 3.66. The molecule has 2 heterocycles. The van der Waals surface area contributed by atoms with Gasteiger partial charge in [0.05, 0.1) is 33.3 Å². The quantitative estimate of drug-likeness (QED) is 0.177. The van der Waals surface area contributed by atoms with Gasteiger partial charge in [0.25, 0.3) is 17.5 Å². The van der Waals surface area contributed by atoms with Crippen LogP contribution in [0.25, 0.3) is 0 Å². The second-order valence-corrected chi connectivity index (χ2v) is 8.54. The van der Waals surface area contributed by atoms with Gasteiger partial charge in [-0.2, -0.15) is 0 Å². The number of nitro groups is 1. The molecule has 2 aliphatic rings. The molecule has 0 saturated carbocycles. The summed E-state index contributed by atoms with van der Waals surface area (Å²) >= 11 is 0. The number of fused-ring (bicyclic) bond motifs is 1. The maximum absolute atomic E-state index is 12.7. The van der Waals surface area contributed by atoms with Crippen LogP contribution in [0.5, 0.6) is 5.75 Å². The maximum atomic E-state index is 12.7. The number of carbonyl (C=O) groups excluding carboxylic acids is 4. The monoisotopic (exact) mass is 485 g/mol. The van der Waals surface area contributed by atoms with E-state index in [4.69, 9.17) is 4.74 Å². The Morgan fingerprint density at radius 3 is 2.17 bits per heavy atom. The van der Waals surface area contributed by atoms with Gasteiger partial charge in [0.1, 0.15) is 5.75 Å². The summed E-state index contributed by atoms with van der Waals surface area (Å²) in [5.74, 6) is -2.38. The van der Waals surface area contributed by atoms with Crippen LogP contribution in [0.1, 0.15) is 32.7 Å². The molecule has 1 atom stereocenters. The molecular weight excluding hydrogens is 466 g/mol. The first kappa shape index (κ1) is 22.9. The van der Waals surface area contributed by atoms with Crippen molar-refractivity contribution in [2.75, 3.05) is 16.3 Å². The number of amides is 3. The first-order valence-electron chi connectivity index (χ1n) is 11.1. The van der Waals surface area contributed by atoms with E-state index in [1.54, 1.807) is 43.3 Å². The van der Waals surface area contributed by atoms with Crippen LogP contribution in [-0.4, -0.2) is 35.2 Å². The highest BCUT2D eigenvalue weighted by Gasteiger charge is 2.38. The number of esters is 1. The van der Waals surface area contributed by atoms with Gasteiger partial charge in [-0.1, -0.05) is 18.2 Å². The zero-order chi connectivity index (χ0) is 25.6. The summed E-state index contributed by atoms with van der Waals surface area (Å²) in [6.07, 6.45) is -0.0897. The standard InChI is InChI=1S/C26H19N3O7/c1-15-6-7-18(13-22(15)29(34)35)27-14-16(12-23(27)30)26(33)36-19-10-8-17(9-11-19)28-24(31)20-4-2-3-5-21(20)25(28)32/h2-11,13,16H,12,14H2,1H3/t16-/m1/s1. The number of rotatable bonds is 5. The van der Waals surface area contributed by atoms with Crippen LogP contribution >= 0.6 is 0 Å². The molecule has 0 radical (unpaired) electrons. The van der Waals surface area contributed by atoms with Crippen LogP contribution < -0.4 is 14.5 Å². The summed E-state index contributed by atoms with van der Waals surface area (Å²) in [6, 6.07) is 17.0. The Kier molecular flexibility index (Phi) is 5.56. The molecule has 3 amide bonds. The Morgan fingerprint density at radius 2 is 1.56 bits per heavy atom. The minimum absolute atomic E-state index is 0.0327. The molecule has 0 aliphatic carbocycles. The van der Waals surface area contributed by atoms with E-state index in [0.717, 1.165) is 4.90 Å². The third-order valence-corrected chi connectivity index (χ3v) is 6.27. The zero-order valence-electron chi connectivity index (χ0n) is 19.0. The number of carbonyl (C=O) groups is 4. The van der Waals surface area contributed by atoms with Crippen molar-refractivity contribution in [1.29, 1.82) is 0 Å². The minimum atomic E-state index is -0.756. The fourth-order valence-electron chi connectivity index (χ4n) is 4.36. The Morgan fingerprint density at radius 1 is 0.944 bits per heavy atom. The molecule has 180 valence electrons. The summed E-state index contributed by atoms with van der Waals surface area (Å²) in [5, 5.41) is 11.2. The smallest absolute Gasteiger partial charge is 0.316 e. The average Bonchev–Trinajstić information content (AvgIpc) is 3.37. The lowest BCUT2D eigenvalue weighted by atomic mass is 10.1. The molecule has 0 spiro atoms. The first-order valence-corrected chi connectivity index (χ1v) is 11.1. The molecule has 10 heteroatoms. The summed E-state index contributed by atoms with van der Waals surface area (Å²) in [4.78, 5) is 63.7. The molecule has 36 heavy (non-hydrogen) atoms. The largest absolute Gasteiger partial charge is 0.426 e. The molecule has 3 aromatic rings. The van der Waals surface area contributed by atoms with Crippen LogP contribution in [0, 0.1) is 23.0 Å². The Labute approximate surface area is 204 Å². The van der Waals surface area contributed by atoms with Gasteiger partial charge in [-0.15, -0.1) is 0 Å². The summed E-state index contributed by atoms with van der Waals surface area (Å²) in [5.41, 5.74) is 1.70. The SMILES string of the molecule is Cc1ccc(N2C[C@H](C(=O)Oc3ccc(N4C(=O)c5ccccc5C4=O)cc3)CC2=O)cc1[N+](=O)[O-]. The highest BCUT2D eigenvalue weighted by molar-refractivity contribution is 6.34. The second-order valence-electron chi connectivity index (χ2n) is 8.54. The van der Waals surface area contributed by atoms with E-state index in [9.17, 15) is 29.3 Å². The first-order chi connectivity index (χ1) is 17.2. The Bertz CT molecular complexity index is 1410. The maximum Gasteiger partial charge on any atom is 0.316 e. The van der Waals surface area contributed by atoms with Crippen molar-refractivity contribution < 1.29 is 28.8 Å². The number of anilines is 2. The topological polar surface area (TPSA) is 127 Å². The highest BCUT2D eigenvalue weighted by atomic mass is 16.6. The number of nitro benzene ring substituents is 1. The van der Waals surface area contributed by atoms with E-state index >= 15 is 0 Å². The van der Waals surface area contributed by atoms with Crippen molar-refractivity contribution in [3.63, 3.8) is 0 Å². The number of hydrogen-bond donors (Lipinski definition) is 0. The van der Waals surface area contributed by atoms with Crippen LogP contribution in [0.2, 0.25) is 0 Å². The van der Waals surface area contributed by atoms with E-state index in [1.807, 2.05) is 0 Å². The molecule has 1 saturated heterocycles. The number of nitrogens with zero attached hydrogens (tertiary/aromatic N) is 3. The Hall–Kier alpha value is -4.86. The predicted molar refractivity (Wildman–Crippen MR) is 128 cm³/mol. The van der Waals surface area contributed by atoms with Crippen molar-refractivity contribution in [2.45, 2.75) is 13.3 Å². The van der Waals surface area contributed by atoms with Crippen LogP contribution in [0.4, 0.5) is 17.1 Å². The zero-order valence-corrected chi connectivity index (χ0v) is 19.0. The number of aryl methyl sites for hydroxylation is 1. The molecule has 0 unspecified atom stereocenters. The molecule has 0 aromatic heterocycles. The number of imide groups is 1. The minimum Gasteiger partial charge on any atom is -0.426 e. The van der Waals surface area contributed by atoms with Crippen LogP contribution in [0.3, 0.4) is 0 Å². The average molecular weight is 485 g/mol. The number of hydrogen-bond acceptors (Lipinski definition) is 7. The molecule has 0 bridgehead atoms. The van der Waals surface area contributed by atoms with E-state index in [-0.39, 0.29) is 30.3 Å². The number of ether oxygens (including phenoxy) is 1. The van der Waals surface area contributed by atoms with E-state index < -0.39 is 28.6 Å². The highest BCUT2D eigenvalue weighted by Crippen LogP contribution is 2.32. The van der Waals surface area contributed by atoms with Gasteiger partial charge < -0.3 is 9.64 Å². The molecule has 5 rings (SSSR count). The van der Waals surface area contributed by atoms with Crippen molar-refractivity contribution in [3.8, 4) is 5.75 Å². The lowest BCUT2D eigenvalue weighted by molar-refractivity contribution is -0.385. The van der Waals surface area contributed by atoms with Gasteiger partial charge in [-0.05, 0) is 49.4 Å². The molecule has 0 N–H and O–H groups in total. The molecule has 10 nitrogen and oxygen atoms in total. The van der Waals surface area contributed by atoms with Gasteiger partial charge >= 0.3 is 5.97 Å². The fourth-order valence-corrected chi connectivity index (χ4v) is 4.36. The molecule has 1 fully saturated rings.